The van der Waals surface area contributed by atoms with E-state index in [0.717, 1.165) is 25.3 Å². The summed E-state index contributed by atoms with van der Waals surface area (Å²) in [6, 6.07) is 3.57. The fourth-order valence-electron chi connectivity index (χ4n) is 2.24. The third-order valence-corrected chi connectivity index (χ3v) is 5.50. The molecule has 1 unspecified atom stereocenters. The molecule has 1 aliphatic heterocycles. The van der Waals surface area contributed by atoms with Crippen LogP contribution in [0.3, 0.4) is 0 Å². The van der Waals surface area contributed by atoms with Crippen LogP contribution in [0.1, 0.15) is 26.2 Å². The summed E-state index contributed by atoms with van der Waals surface area (Å²) in [5.74, 6) is -0.791. The van der Waals surface area contributed by atoms with Gasteiger partial charge in [0, 0.05) is 17.6 Å². The van der Waals surface area contributed by atoms with Crippen molar-refractivity contribution in [3.63, 3.8) is 0 Å². The second kappa shape index (κ2) is 5.15. The highest BCUT2D eigenvalue weighted by atomic mass is 35.5. The zero-order valence-electron chi connectivity index (χ0n) is 10.1. The molecule has 0 bridgehead atoms. The highest BCUT2D eigenvalue weighted by molar-refractivity contribution is 7.89. The van der Waals surface area contributed by atoms with E-state index in [4.69, 9.17) is 11.6 Å². The van der Waals surface area contributed by atoms with Gasteiger partial charge in [-0.3, -0.25) is 0 Å². The van der Waals surface area contributed by atoms with Gasteiger partial charge in [0.05, 0.1) is 0 Å². The summed E-state index contributed by atoms with van der Waals surface area (Å²) < 4.78 is 39.9. The number of hydrogen-bond acceptors (Lipinski definition) is 2. The van der Waals surface area contributed by atoms with Gasteiger partial charge in [0.15, 0.2) is 0 Å². The third kappa shape index (κ3) is 2.53. The van der Waals surface area contributed by atoms with Crippen molar-refractivity contribution in [2.75, 3.05) is 6.54 Å². The Kier molecular flexibility index (Phi) is 3.94. The Morgan fingerprint density at radius 2 is 2.11 bits per heavy atom. The van der Waals surface area contributed by atoms with Crippen LogP contribution in [0, 0.1) is 5.82 Å². The fourth-order valence-corrected chi connectivity index (χ4v) is 4.15. The Morgan fingerprint density at radius 1 is 1.39 bits per heavy atom. The summed E-state index contributed by atoms with van der Waals surface area (Å²) in [5.41, 5.74) is 0. The van der Waals surface area contributed by atoms with Crippen LogP contribution < -0.4 is 0 Å². The van der Waals surface area contributed by atoms with Crippen LogP contribution >= 0.6 is 11.6 Å². The van der Waals surface area contributed by atoms with E-state index in [-0.39, 0.29) is 16.0 Å². The molecule has 1 heterocycles. The summed E-state index contributed by atoms with van der Waals surface area (Å²) in [4.78, 5) is -0.291. The Balaban J connectivity index is 2.41. The lowest BCUT2D eigenvalue weighted by atomic mass is 10.1. The van der Waals surface area contributed by atoms with E-state index in [9.17, 15) is 12.8 Å². The average Bonchev–Trinajstić information content (AvgIpc) is 2.28. The lowest BCUT2D eigenvalue weighted by Crippen LogP contribution is -2.42. The monoisotopic (exact) mass is 291 g/mol. The van der Waals surface area contributed by atoms with Crippen LogP contribution in [0.25, 0.3) is 0 Å². The molecule has 1 fully saturated rings. The molecule has 1 atom stereocenters. The van der Waals surface area contributed by atoms with Crippen molar-refractivity contribution >= 4 is 21.6 Å². The predicted octanol–water partition coefficient (Wildman–Crippen LogP) is 3.04. The van der Waals surface area contributed by atoms with E-state index >= 15 is 0 Å². The van der Waals surface area contributed by atoms with Crippen molar-refractivity contribution in [2.45, 2.75) is 37.1 Å². The molecule has 0 amide bonds. The van der Waals surface area contributed by atoms with E-state index in [1.54, 1.807) is 0 Å². The molecule has 0 saturated carbocycles. The highest BCUT2D eigenvalue weighted by Gasteiger charge is 2.32. The molecule has 0 aromatic heterocycles. The first kappa shape index (κ1) is 13.8. The topological polar surface area (TPSA) is 37.4 Å². The van der Waals surface area contributed by atoms with Gasteiger partial charge in [-0.15, -0.1) is 0 Å². The van der Waals surface area contributed by atoms with Gasteiger partial charge in [0.1, 0.15) is 10.7 Å². The Bertz CT molecular complexity index is 547. The van der Waals surface area contributed by atoms with Crippen molar-refractivity contribution in [3.05, 3.63) is 29.0 Å². The van der Waals surface area contributed by atoms with Gasteiger partial charge < -0.3 is 0 Å². The minimum absolute atomic E-state index is 0.0844. The summed E-state index contributed by atoms with van der Waals surface area (Å²) in [7, 11) is -3.76. The van der Waals surface area contributed by atoms with Gasteiger partial charge in [-0.25, -0.2) is 12.8 Å². The maximum absolute atomic E-state index is 13.7. The van der Waals surface area contributed by atoms with Gasteiger partial charge in [-0.1, -0.05) is 18.0 Å². The summed E-state index contributed by atoms with van der Waals surface area (Å²) in [6.45, 7) is 2.30. The van der Waals surface area contributed by atoms with Crippen molar-refractivity contribution in [3.8, 4) is 0 Å². The van der Waals surface area contributed by atoms with Crippen LogP contribution in [0.2, 0.25) is 5.02 Å². The summed E-state index contributed by atoms with van der Waals surface area (Å²) in [5, 5.41) is 0.193. The summed E-state index contributed by atoms with van der Waals surface area (Å²) >= 11 is 5.63. The highest BCUT2D eigenvalue weighted by Crippen LogP contribution is 2.27. The number of nitrogens with zero attached hydrogens (tertiary/aromatic N) is 1. The molecular formula is C12H15ClFNO2S. The molecule has 0 radical (unpaired) electrons. The molecule has 0 aliphatic carbocycles. The van der Waals surface area contributed by atoms with Crippen molar-refractivity contribution < 1.29 is 12.8 Å². The number of benzene rings is 1. The lowest BCUT2D eigenvalue weighted by Gasteiger charge is -2.32. The SMILES string of the molecule is CC1CCCCN1S(=O)(=O)c1ccc(Cl)cc1F. The number of rotatable bonds is 2. The molecular weight excluding hydrogens is 277 g/mol. The first-order valence-electron chi connectivity index (χ1n) is 5.90. The van der Waals surface area contributed by atoms with Crippen LogP contribution in [0.5, 0.6) is 0 Å². The van der Waals surface area contributed by atoms with Crippen LogP contribution in [0.4, 0.5) is 4.39 Å². The molecule has 1 aromatic carbocycles. The first-order chi connectivity index (χ1) is 8.43. The zero-order chi connectivity index (χ0) is 13.3. The Labute approximate surface area is 112 Å². The van der Waals surface area contributed by atoms with Crippen LogP contribution in [-0.4, -0.2) is 25.3 Å². The molecule has 1 aromatic rings. The number of hydrogen-bond donors (Lipinski definition) is 0. The quantitative estimate of drug-likeness (QED) is 0.840. The van der Waals surface area contributed by atoms with E-state index in [1.807, 2.05) is 6.92 Å². The smallest absolute Gasteiger partial charge is 0.207 e. The number of piperidine rings is 1. The zero-order valence-corrected chi connectivity index (χ0v) is 11.6. The first-order valence-corrected chi connectivity index (χ1v) is 7.71. The maximum atomic E-state index is 13.7. The molecule has 2 rings (SSSR count). The fraction of sp³-hybridized carbons (Fsp3) is 0.500. The molecule has 1 aliphatic rings. The Morgan fingerprint density at radius 3 is 2.72 bits per heavy atom. The number of sulfonamides is 1. The number of halogens is 2. The minimum atomic E-state index is -3.76. The normalized spacial score (nSPS) is 22.1. The molecule has 1 saturated heterocycles. The average molecular weight is 292 g/mol. The van der Waals surface area contributed by atoms with Gasteiger partial charge in [0.2, 0.25) is 10.0 Å². The molecule has 6 heteroatoms. The van der Waals surface area contributed by atoms with E-state index in [2.05, 4.69) is 0 Å². The Hall–Kier alpha value is -0.650. The van der Waals surface area contributed by atoms with Crippen molar-refractivity contribution in [1.82, 2.24) is 4.31 Å². The maximum Gasteiger partial charge on any atom is 0.246 e. The molecule has 100 valence electrons. The van der Waals surface area contributed by atoms with E-state index < -0.39 is 15.8 Å². The molecule has 0 N–H and O–H groups in total. The molecule has 3 nitrogen and oxygen atoms in total. The standard InChI is InChI=1S/C12H15ClFNO2S/c1-9-4-2-3-7-15(9)18(16,17)12-6-5-10(13)8-11(12)14/h5-6,8-9H,2-4,7H2,1H3. The predicted molar refractivity (Wildman–Crippen MR) is 68.6 cm³/mol. The van der Waals surface area contributed by atoms with Crippen LogP contribution in [0.15, 0.2) is 23.1 Å². The largest absolute Gasteiger partial charge is 0.246 e. The van der Waals surface area contributed by atoms with Crippen molar-refractivity contribution in [1.29, 1.82) is 0 Å². The molecule has 18 heavy (non-hydrogen) atoms. The molecule has 0 spiro atoms. The van der Waals surface area contributed by atoms with Crippen LogP contribution in [-0.2, 0) is 10.0 Å². The lowest BCUT2D eigenvalue weighted by molar-refractivity contribution is 0.268. The van der Waals surface area contributed by atoms with Crippen molar-refractivity contribution in [2.24, 2.45) is 0 Å². The minimum Gasteiger partial charge on any atom is -0.207 e. The van der Waals surface area contributed by atoms with E-state index in [0.29, 0.717) is 6.54 Å². The third-order valence-electron chi connectivity index (χ3n) is 3.22. The van der Waals surface area contributed by atoms with Gasteiger partial charge >= 0.3 is 0 Å². The second-order valence-corrected chi connectivity index (χ2v) is 6.83. The van der Waals surface area contributed by atoms with E-state index in [1.165, 1.54) is 16.4 Å². The summed E-state index contributed by atoms with van der Waals surface area (Å²) in [6.07, 6.45) is 2.64. The van der Waals surface area contributed by atoms with Gasteiger partial charge in [-0.05, 0) is 38.0 Å². The van der Waals surface area contributed by atoms with Gasteiger partial charge in [0.25, 0.3) is 0 Å². The van der Waals surface area contributed by atoms with Gasteiger partial charge in [-0.2, -0.15) is 4.31 Å². The second-order valence-electron chi connectivity index (χ2n) is 4.54.